The van der Waals surface area contributed by atoms with E-state index in [2.05, 4.69) is 25.6 Å². The fourth-order valence-electron chi connectivity index (χ4n) is 2.79. The number of alkyl halides is 4. The van der Waals surface area contributed by atoms with Crippen LogP contribution in [0, 0.1) is 0 Å². The number of amides is 1. The van der Waals surface area contributed by atoms with Crippen molar-refractivity contribution in [3.8, 4) is 11.3 Å². The molecule has 1 amide bonds. The number of halogens is 5. The summed E-state index contributed by atoms with van der Waals surface area (Å²) in [6.45, 7) is 1.72. The molecule has 0 bridgehead atoms. The highest BCUT2D eigenvalue weighted by molar-refractivity contribution is 6.31. The highest BCUT2D eigenvalue weighted by Gasteiger charge is 2.35. The van der Waals surface area contributed by atoms with Gasteiger partial charge in [0.2, 0.25) is 11.7 Å². The summed E-state index contributed by atoms with van der Waals surface area (Å²) < 4.78 is 51.2. The molecule has 2 N–H and O–H groups in total. The Hall–Kier alpha value is -2.33. The van der Waals surface area contributed by atoms with Crippen molar-refractivity contribution in [3.63, 3.8) is 0 Å². The summed E-state index contributed by atoms with van der Waals surface area (Å²) in [5.41, 5.74) is 1.07. The van der Waals surface area contributed by atoms with Crippen LogP contribution in [0.4, 0.5) is 17.6 Å². The monoisotopic (exact) mass is 417 g/mol. The number of rotatable bonds is 4. The molecule has 2 aromatic rings. The molecule has 3 atom stereocenters. The average Bonchev–Trinajstić information content (AvgIpc) is 2.99. The highest BCUT2D eigenvalue weighted by Crippen LogP contribution is 2.27. The lowest BCUT2D eigenvalue weighted by atomic mass is 10.1. The summed E-state index contributed by atoms with van der Waals surface area (Å²) in [6, 6.07) is 0.497. The van der Waals surface area contributed by atoms with Gasteiger partial charge >= 0.3 is 6.18 Å². The number of aromatic nitrogens is 3. The Kier molecular flexibility index (Phi) is 5.80. The van der Waals surface area contributed by atoms with E-state index in [1.807, 2.05) is 0 Å². The van der Waals surface area contributed by atoms with Gasteiger partial charge in [-0.15, -0.1) is 0 Å². The maximum Gasteiger partial charge on any atom is 0.451 e. The molecular weight excluding hydrogens is 402 g/mol. The zero-order valence-corrected chi connectivity index (χ0v) is 15.4. The van der Waals surface area contributed by atoms with Crippen LogP contribution in [0.2, 0.25) is 5.02 Å². The molecule has 1 aliphatic rings. The normalized spacial score (nSPS) is 22.3. The highest BCUT2D eigenvalue weighted by atomic mass is 35.5. The van der Waals surface area contributed by atoms with Crippen LogP contribution in [0.3, 0.4) is 0 Å². The van der Waals surface area contributed by atoms with E-state index in [4.69, 9.17) is 11.6 Å². The Labute approximate surface area is 162 Å². The second-order valence-electron chi connectivity index (χ2n) is 6.43. The van der Waals surface area contributed by atoms with Crippen LogP contribution in [0.5, 0.6) is 0 Å². The molecule has 0 radical (unpaired) electrons. The first-order valence-corrected chi connectivity index (χ1v) is 8.75. The van der Waals surface area contributed by atoms with Gasteiger partial charge < -0.3 is 10.6 Å². The molecule has 3 rings (SSSR count). The topological polar surface area (TPSA) is 79.8 Å². The minimum Gasteiger partial charge on any atom is -0.351 e. The Morgan fingerprint density at radius 2 is 1.96 bits per heavy atom. The van der Waals surface area contributed by atoms with Crippen LogP contribution in [0.15, 0.2) is 24.7 Å². The van der Waals surface area contributed by atoms with E-state index in [0.717, 1.165) is 12.4 Å². The number of carbonyl (C=O) groups excluding carboxylic acids is 1. The fourth-order valence-corrected chi connectivity index (χ4v) is 2.96. The summed E-state index contributed by atoms with van der Waals surface area (Å²) >= 11 is 6.09. The zero-order valence-electron chi connectivity index (χ0n) is 14.6. The Morgan fingerprint density at radius 3 is 2.54 bits per heavy atom. The number of carbonyl (C=O) groups is 1. The van der Waals surface area contributed by atoms with Crippen molar-refractivity contribution in [2.45, 2.75) is 44.3 Å². The van der Waals surface area contributed by atoms with Crippen LogP contribution >= 0.6 is 11.6 Å². The van der Waals surface area contributed by atoms with Gasteiger partial charge in [-0.1, -0.05) is 11.6 Å². The first-order chi connectivity index (χ1) is 13.1. The molecule has 1 aliphatic heterocycles. The second-order valence-corrected chi connectivity index (χ2v) is 6.84. The molecule has 150 valence electrons. The molecule has 6 nitrogen and oxygen atoms in total. The fraction of sp³-hybridized carbons (Fsp3) is 0.412. The van der Waals surface area contributed by atoms with Gasteiger partial charge in [0.15, 0.2) is 0 Å². The second kappa shape index (κ2) is 7.96. The Balaban J connectivity index is 1.70. The van der Waals surface area contributed by atoms with Gasteiger partial charge in [-0.3, -0.25) is 9.78 Å². The molecule has 1 saturated heterocycles. The number of pyridine rings is 1. The molecule has 2 aromatic heterocycles. The van der Waals surface area contributed by atoms with Crippen molar-refractivity contribution < 1.29 is 22.4 Å². The molecule has 1 fully saturated rings. The van der Waals surface area contributed by atoms with E-state index in [9.17, 15) is 22.4 Å². The largest absolute Gasteiger partial charge is 0.451 e. The van der Waals surface area contributed by atoms with E-state index in [1.54, 1.807) is 6.92 Å². The van der Waals surface area contributed by atoms with Gasteiger partial charge in [-0.05, 0) is 18.6 Å². The van der Waals surface area contributed by atoms with Gasteiger partial charge in [0.05, 0.1) is 16.8 Å². The average molecular weight is 418 g/mol. The standard InChI is InChI=1S/C17H16ClF4N5O/c1-8-12(19)3-14(27-8)15(28)24-4-9-2-13(23-7-11(9)18)10-5-25-16(26-6-10)17(20,21)22/h2,5-8,12,14,27H,3-4H2,1H3,(H,24,28). The number of hydrogen-bond donors (Lipinski definition) is 2. The van der Waals surface area contributed by atoms with Gasteiger partial charge in [0, 0.05) is 43.2 Å². The van der Waals surface area contributed by atoms with Crippen molar-refractivity contribution in [2.75, 3.05) is 0 Å². The molecule has 28 heavy (non-hydrogen) atoms. The zero-order chi connectivity index (χ0) is 20.5. The van der Waals surface area contributed by atoms with Crippen molar-refractivity contribution >= 4 is 17.5 Å². The summed E-state index contributed by atoms with van der Waals surface area (Å²) in [5.74, 6) is -1.61. The van der Waals surface area contributed by atoms with Crippen LogP contribution in [0.1, 0.15) is 24.7 Å². The van der Waals surface area contributed by atoms with Gasteiger partial charge in [0.25, 0.3) is 0 Å². The first kappa shape index (κ1) is 20.4. The van der Waals surface area contributed by atoms with E-state index in [-0.39, 0.29) is 29.5 Å². The Morgan fingerprint density at radius 1 is 1.29 bits per heavy atom. The van der Waals surface area contributed by atoms with Crippen molar-refractivity contribution in [2.24, 2.45) is 0 Å². The molecule has 0 saturated carbocycles. The minimum absolute atomic E-state index is 0.0538. The number of hydrogen-bond acceptors (Lipinski definition) is 5. The first-order valence-electron chi connectivity index (χ1n) is 8.37. The lowest BCUT2D eigenvalue weighted by Crippen LogP contribution is -2.42. The summed E-state index contributed by atoms with van der Waals surface area (Å²) in [6.07, 6.45) is -2.29. The third-order valence-electron chi connectivity index (χ3n) is 4.37. The predicted octanol–water partition coefficient (Wildman–Crippen LogP) is 2.92. The quantitative estimate of drug-likeness (QED) is 0.748. The summed E-state index contributed by atoms with van der Waals surface area (Å²) in [5, 5.41) is 5.81. The van der Waals surface area contributed by atoms with Gasteiger partial charge in [-0.2, -0.15) is 13.2 Å². The van der Waals surface area contributed by atoms with Gasteiger partial charge in [-0.25, -0.2) is 14.4 Å². The third-order valence-corrected chi connectivity index (χ3v) is 4.71. The molecule has 0 aromatic carbocycles. The van der Waals surface area contributed by atoms with Gasteiger partial charge in [0.1, 0.15) is 6.17 Å². The molecular formula is C17H16ClF4N5O. The van der Waals surface area contributed by atoms with Crippen LogP contribution in [-0.4, -0.2) is 39.1 Å². The molecule has 3 unspecified atom stereocenters. The maximum atomic E-state index is 13.5. The van der Waals surface area contributed by atoms with Crippen molar-refractivity contribution in [3.05, 3.63) is 41.1 Å². The smallest absolute Gasteiger partial charge is 0.351 e. The van der Waals surface area contributed by atoms with E-state index in [0.29, 0.717) is 11.3 Å². The summed E-state index contributed by atoms with van der Waals surface area (Å²) in [7, 11) is 0. The van der Waals surface area contributed by atoms with Crippen LogP contribution in [0.25, 0.3) is 11.3 Å². The lowest BCUT2D eigenvalue weighted by molar-refractivity contribution is -0.145. The van der Waals surface area contributed by atoms with Crippen molar-refractivity contribution in [1.29, 1.82) is 0 Å². The lowest BCUT2D eigenvalue weighted by Gasteiger charge is -2.13. The Bertz CT molecular complexity index is 852. The number of nitrogens with one attached hydrogen (secondary N) is 2. The van der Waals surface area contributed by atoms with Crippen LogP contribution in [-0.2, 0) is 17.5 Å². The van der Waals surface area contributed by atoms with E-state index in [1.165, 1.54) is 12.3 Å². The predicted molar refractivity (Wildman–Crippen MR) is 93.0 cm³/mol. The molecule has 3 heterocycles. The van der Waals surface area contributed by atoms with E-state index < -0.39 is 30.3 Å². The third kappa shape index (κ3) is 4.56. The minimum atomic E-state index is -4.63. The summed E-state index contributed by atoms with van der Waals surface area (Å²) in [4.78, 5) is 22.8. The molecule has 0 aliphatic carbocycles. The SMILES string of the molecule is CC1NC(C(=O)NCc2cc(-c3cnc(C(F)(F)F)nc3)ncc2Cl)CC1F. The van der Waals surface area contributed by atoms with E-state index >= 15 is 0 Å². The maximum absolute atomic E-state index is 13.5. The number of nitrogens with zero attached hydrogens (tertiary/aromatic N) is 3. The van der Waals surface area contributed by atoms with Crippen molar-refractivity contribution in [1.82, 2.24) is 25.6 Å². The molecule has 0 spiro atoms. The molecule has 11 heteroatoms. The van der Waals surface area contributed by atoms with Crippen LogP contribution < -0.4 is 10.6 Å².